The van der Waals surface area contributed by atoms with Gasteiger partial charge in [-0.3, -0.25) is 0 Å². The topological polar surface area (TPSA) is 77.8 Å². The van der Waals surface area contributed by atoms with Crippen molar-refractivity contribution in [2.45, 2.75) is 13.8 Å². The lowest BCUT2D eigenvalue weighted by molar-refractivity contribution is -0.136. The number of ether oxygens (including phenoxy) is 4. The Bertz CT molecular complexity index is 816. The molecule has 0 amide bonds. The lowest BCUT2D eigenvalue weighted by atomic mass is 10.2. The third kappa shape index (κ3) is 5.14. The van der Waals surface area contributed by atoms with Crippen LogP contribution in [0.3, 0.4) is 0 Å². The molecule has 0 aliphatic rings. The number of carbonyl (C=O) groups is 1. The summed E-state index contributed by atoms with van der Waals surface area (Å²) in [5, 5.41) is 9.04. The molecule has 2 aromatic rings. The van der Waals surface area contributed by atoms with Gasteiger partial charge in [-0.15, -0.1) is 0 Å². The van der Waals surface area contributed by atoms with Gasteiger partial charge in [-0.25, -0.2) is 4.79 Å². The van der Waals surface area contributed by atoms with E-state index in [2.05, 4.69) is 15.9 Å². The molecule has 0 radical (unpaired) electrons. The van der Waals surface area contributed by atoms with Crippen LogP contribution >= 0.6 is 15.9 Å². The van der Waals surface area contributed by atoms with Crippen LogP contribution in [0.15, 0.2) is 40.9 Å². The number of para-hydroxylation sites is 2. The van der Waals surface area contributed by atoms with Crippen LogP contribution in [0.4, 0.5) is 0 Å². The number of hydrogen-bond donors (Lipinski definition) is 0. The molecule has 0 aliphatic heterocycles. The molecule has 0 saturated carbocycles. The number of esters is 1. The number of nitrogens with zero attached hydrogens (tertiary/aromatic N) is 1. The molecule has 0 atom stereocenters. The van der Waals surface area contributed by atoms with Crippen LogP contribution in [0.1, 0.15) is 19.4 Å². The Kier molecular flexibility index (Phi) is 7.30. The molecule has 2 aromatic carbocycles. The smallest absolute Gasteiger partial charge is 0.349 e. The molecule has 0 N–H and O–H groups in total. The van der Waals surface area contributed by atoms with Crippen LogP contribution in [0.5, 0.6) is 23.0 Å². The molecule has 0 aliphatic carbocycles. The normalized spacial score (nSPS) is 9.92. The molecule has 136 valence electrons. The standard InChI is InChI=1S/C19H18BrNO5/c1-3-23-15-7-5-6-8-16(15)25-12-18(22)26-19-14(20)9-13(11-21)10-17(19)24-4-2/h5-10H,3-4,12H2,1-2H3. The third-order valence-corrected chi connectivity index (χ3v) is 3.74. The lowest BCUT2D eigenvalue weighted by Crippen LogP contribution is -2.18. The molecular weight excluding hydrogens is 402 g/mol. The zero-order chi connectivity index (χ0) is 18.9. The van der Waals surface area contributed by atoms with Crippen molar-refractivity contribution in [2.75, 3.05) is 19.8 Å². The van der Waals surface area contributed by atoms with Crippen LogP contribution in [0.2, 0.25) is 0 Å². The Morgan fingerprint density at radius 2 is 1.65 bits per heavy atom. The van der Waals surface area contributed by atoms with Crippen molar-refractivity contribution in [1.29, 1.82) is 5.26 Å². The number of nitriles is 1. The van der Waals surface area contributed by atoms with Gasteiger partial charge in [-0.1, -0.05) is 12.1 Å². The molecule has 0 heterocycles. The van der Waals surface area contributed by atoms with Gasteiger partial charge < -0.3 is 18.9 Å². The second-order valence-corrected chi connectivity index (χ2v) is 5.83. The second kappa shape index (κ2) is 9.68. The number of carbonyl (C=O) groups excluding carboxylic acids is 1. The van der Waals surface area contributed by atoms with Crippen LogP contribution in [0, 0.1) is 11.3 Å². The zero-order valence-electron chi connectivity index (χ0n) is 14.5. The fraction of sp³-hybridized carbons (Fsp3) is 0.263. The first-order valence-electron chi connectivity index (χ1n) is 8.00. The summed E-state index contributed by atoms with van der Waals surface area (Å²) in [6, 6.07) is 12.2. The van der Waals surface area contributed by atoms with Crippen molar-refractivity contribution in [3.63, 3.8) is 0 Å². The van der Waals surface area contributed by atoms with Gasteiger partial charge in [0.1, 0.15) is 0 Å². The first-order valence-corrected chi connectivity index (χ1v) is 8.80. The van der Waals surface area contributed by atoms with E-state index in [0.29, 0.717) is 40.5 Å². The fourth-order valence-corrected chi connectivity index (χ4v) is 2.64. The SMILES string of the molecule is CCOc1ccccc1OCC(=O)Oc1c(Br)cc(C#N)cc1OCC. The van der Waals surface area contributed by atoms with Crippen molar-refractivity contribution in [2.24, 2.45) is 0 Å². The van der Waals surface area contributed by atoms with Crippen LogP contribution < -0.4 is 18.9 Å². The summed E-state index contributed by atoms with van der Waals surface area (Å²) in [6.07, 6.45) is 0. The molecule has 0 saturated heterocycles. The Hall–Kier alpha value is -2.72. The third-order valence-electron chi connectivity index (χ3n) is 3.15. The number of hydrogen-bond acceptors (Lipinski definition) is 6. The Labute approximate surface area is 160 Å². The first kappa shape index (κ1) is 19.6. The van der Waals surface area contributed by atoms with Crippen molar-refractivity contribution in [3.05, 3.63) is 46.4 Å². The maximum Gasteiger partial charge on any atom is 0.349 e. The highest BCUT2D eigenvalue weighted by atomic mass is 79.9. The Balaban J connectivity index is 2.10. The van der Waals surface area contributed by atoms with E-state index in [1.165, 1.54) is 6.07 Å². The molecule has 0 bridgehead atoms. The molecule has 0 unspecified atom stereocenters. The summed E-state index contributed by atoms with van der Waals surface area (Å²) in [5.41, 5.74) is 0.391. The highest BCUT2D eigenvalue weighted by Gasteiger charge is 2.17. The molecule has 6 nitrogen and oxygen atoms in total. The summed E-state index contributed by atoms with van der Waals surface area (Å²) < 4.78 is 22.2. The van der Waals surface area contributed by atoms with Gasteiger partial charge in [0.2, 0.25) is 0 Å². The van der Waals surface area contributed by atoms with Crippen LogP contribution in [-0.4, -0.2) is 25.8 Å². The Morgan fingerprint density at radius 1 is 1.04 bits per heavy atom. The van der Waals surface area contributed by atoms with E-state index in [0.717, 1.165) is 0 Å². The zero-order valence-corrected chi connectivity index (χ0v) is 16.0. The van der Waals surface area contributed by atoms with E-state index in [1.807, 2.05) is 19.1 Å². The second-order valence-electron chi connectivity index (χ2n) is 4.97. The summed E-state index contributed by atoms with van der Waals surface area (Å²) in [4.78, 5) is 12.2. The van der Waals surface area contributed by atoms with E-state index in [9.17, 15) is 4.79 Å². The van der Waals surface area contributed by atoms with Crippen molar-refractivity contribution in [1.82, 2.24) is 0 Å². The monoisotopic (exact) mass is 419 g/mol. The van der Waals surface area contributed by atoms with E-state index in [4.69, 9.17) is 24.2 Å². The first-order chi connectivity index (χ1) is 12.6. The average molecular weight is 420 g/mol. The van der Waals surface area contributed by atoms with Crippen molar-refractivity contribution in [3.8, 4) is 29.1 Å². The minimum Gasteiger partial charge on any atom is -0.490 e. The Morgan fingerprint density at radius 3 is 2.27 bits per heavy atom. The minimum atomic E-state index is -0.609. The van der Waals surface area contributed by atoms with Gasteiger partial charge in [0.25, 0.3) is 0 Å². The summed E-state index contributed by atoms with van der Waals surface area (Å²) >= 11 is 3.30. The molecule has 26 heavy (non-hydrogen) atoms. The predicted molar refractivity (Wildman–Crippen MR) is 98.8 cm³/mol. The van der Waals surface area contributed by atoms with E-state index in [1.54, 1.807) is 31.2 Å². The highest BCUT2D eigenvalue weighted by Crippen LogP contribution is 2.37. The van der Waals surface area contributed by atoms with Crippen LogP contribution in [-0.2, 0) is 4.79 Å². The summed E-state index contributed by atoms with van der Waals surface area (Å²) in [5.74, 6) is 0.911. The minimum absolute atomic E-state index is 0.206. The quantitative estimate of drug-likeness (QED) is 0.473. The van der Waals surface area contributed by atoms with Gasteiger partial charge in [0.15, 0.2) is 29.6 Å². The average Bonchev–Trinajstić information content (AvgIpc) is 2.64. The van der Waals surface area contributed by atoms with Gasteiger partial charge in [0.05, 0.1) is 29.3 Å². The maximum absolute atomic E-state index is 12.2. The largest absolute Gasteiger partial charge is 0.490 e. The molecule has 7 heteroatoms. The van der Waals surface area contributed by atoms with Gasteiger partial charge in [-0.05, 0) is 48.0 Å². The van der Waals surface area contributed by atoms with E-state index < -0.39 is 5.97 Å². The van der Waals surface area contributed by atoms with Gasteiger partial charge in [-0.2, -0.15) is 5.26 Å². The van der Waals surface area contributed by atoms with Gasteiger partial charge >= 0.3 is 5.97 Å². The predicted octanol–water partition coefficient (Wildman–Crippen LogP) is 4.10. The molecule has 0 fully saturated rings. The molecule has 0 spiro atoms. The highest BCUT2D eigenvalue weighted by molar-refractivity contribution is 9.10. The van der Waals surface area contributed by atoms with Gasteiger partial charge in [0, 0.05) is 6.07 Å². The van der Waals surface area contributed by atoms with Crippen molar-refractivity contribution >= 4 is 21.9 Å². The number of halogens is 1. The molecule has 2 rings (SSSR count). The number of rotatable bonds is 8. The van der Waals surface area contributed by atoms with Crippen molar-refractivity contribution < 1.29 is 23.7 Å². The molecular formula is C19H18BrNO5. The number of benzene rings is 2. The van der Waals surface area contributed by atoms with E-state index in [-0.39, 0.29) is 12.4 Å². The molecule has 0 aromatic heterocycles. The van der Waals surface area contributed by atoms with E-state index >= 15 is 0 Å². The fourth-order valence-electron chi connectivity index (χ4n) is 2.12. The van der Waals surface area contributed by atoms with Crippen LogP contribution in [0.25, 0.3) is 0 Å². The lowest BCUT2D eigenvalue weighted by Gasteiger charge is -2.14. The summed E-state index contributed by atoms with van der Waals surface area (Å²) in [7, 11) is 0. The summed E-state index contributed by atoms with van der Waals surface area (Å²) in [6.45, 7) is 4.21. The maximum atomic E-state index is 12.2.